The number of hydrogen-bond acceptors (Lipinski definition) is 4. The first-order chi connectivity index (χ1) is 11.6. The lowest BCUT2D eigenvalue weighted by atomic mass is 10.0. The van der Waals surface area contributed by atoms with Gasteiger partial charge >= 0.3 is 0 Å². The fourth-order valence-corrected chi connectivity index (χ4v) is 3.12. The molecule has 24 heavy (non-hydrogen) atoms. The number of fused-ring (bicyclic) bond motifs is 2. The molecule has 1 aromatic heterocycles. The summed E-state index contributed by atoms with van der Waals surface area (Å²) in [6.07, 6.45) is 0.188. The molecular formula is C19H18N2O3. The van der Waals surface area contributed by atoms with Gasteiger partial charge in [-0.15, -0.1) is 0 Å². The zero-order valence-electron chi connectivity index (χ0n) is 13.6. The number of hydrogen-bond donors (Lipinski definition) is 1. The molecule has 0 spiro atoms. The topological polar surface area (TPSA) is 64.4 Å². The van der Waals surface area contributed by atoms with E-state index in [1.165, 1.54) is 5.56 Å². The van der Waals surface area contributed by atoms with Crippen LogP contribution in [0.3, 0.4) is 0 Å². The molecule has 1 N–H and O–H groups in total. The van der Waals surface area contributed by atoms with E-state index in [9.17, 15) is 4.79 Å². The predicted molar refractivity (Wildman–Crippen MR) is 90.0 cm³/mol. The van der Waals surface area contributed by atoms with Gasteiger partial charge in [-0.3, -0.25) is 4.79 Å². The van der Waals surface area contributed by atoms with Crippen LogP contribution in [0, 0.1) is 13.8 Å². The second kappa shape index (κ2) is 5.67. The van der Waals surface area contributed by atoms with Crippen LogP contribution in [0.15, 0.2) is 40.9 Å². The van der Waals surface area contributed by atoms with E-state index < -0.39 is 0 Å². The number of nitrogens with zero attached hydrogens (tertiary/aromatic N) is 1. The van der Waals surface area contributed by atoms with Crippen LogP contribution in [-0.4, -0.2) is 17.7 Å². The molecule has 122 valence electrons. The van der Waals surface area contributed by atoms with Gasteiger partial charge in [-0.1, -0.05) is 29.4 Å². The molecule has 0 saturated heterocycles. The van der Waals surface area contributed by atoms with E-state index >= 15 is 0 Å². The molecule has 0 aliphatic carbocycles. The van der Waals surface area contributed by atoms with Crippen LogP contribution in [-0.2, 0) is 11.2 Å². The molecule has 2 heterocycles. The van der Waals surface area contributed by atoms with E-state index in [1.807, 2.05) is 37.3 Å². The van der Waals surface area contributed by atoms with Crippen molar-refractivity contribution in [3.8, 4) is 5.75 Å². The highest BCUT2D eigenvalue weighted by Gasteiger charge is 2.27. The third kappa shape index (κ3) is 2.42. The van der Waals surface area contributed by atoms with E-state index in [2.05, 4.69) is 23.5 Å². The largest absolute Gasteiger partial charge is 0.490 e. The highest BCUT2D eigenvalue weighted by molar-refractivity contribution is 5.86. The molecule has 3 aromatic rings. The maximum atomic E-state index is 12.4. The molecule has 1 aliphatic heterocycles. The van der Waals surface area contributed by atoms with E-state index in [0.29, 0.717) is 17.9 Å². The molecule has 2 aromatic carbocycles. The molecule has 0 radical (unpaired) electrons. The Bertz CT molecular complexity index is 930. The highest BCUT2D eigenvalue weighted by Crippen LogP contribution is 2.36. The van der Waals surface area contributed by atoms with Crippen LogP contribution in [0.5, 0.6) is 5.75 Å². The molecule has 5 nitrogen and oxygen atoms in total. The molecular weight excluding hydrogens is 304 g/mol. The van der Waals surface area contributed by atoms with E-state index in [-0.39, 0.29) is 18.4 Å². The summed E-state index contributed by atoms with van der Waals surface area (Å²) in [5.74, 6) is 0.806. The zero-order chi connectivity index (χ0) is 16.7. The molecule has 0 bridgehead atoms. The Labute approximate surface area is 139 Å². The highest BCUT2D eigenvalue weighted by atomic mass is 16.5. The minimum atomic E-state index is -0.120. The number of carbonyl (C=O) groups excluding carboxylic acids is 1. The van der Waals surface area contributed by atoms with Gasteiger partial charge in [-0.05, 0) is 37.1 Å². The van der Waals surface area contributed by atoms with Gasteiger partial charge in [-0.2, -0.15) is 0 Å². The minimum absolute atomic E-state index is 0.0891. The van der Waals surface area contributed by atoms with Crippen molar-refractivity contribution in [1.82, 2.24) is 10.5 Å². The minimum Gasteiger partial charge on any atom is -0.490 e. The standard InChI is InChI=1S/C19H18N2O3/c1-11-7-8-14-16(10-23-19(14)12(11)2)20-18(22)9-15-13-5-3-4-6-17(13)24-21-15/h3-8,16H,9-10H2,1-2H3,(H,20,22). The second-order valence-corrected chi connectivity index (χ2v) is 6.16. The molecule has 1 atom stereocenters. The smallest absolute Gasteiger partial charge is 0.226 e. The van der Waals surface area contributed by atoms with Crippen molar-refractivity contribution in [2.45, 2.75) is 26.3 Å². The Balaban J connectivity index is 1.51. The number of aromatic nitrogens is 1. The molecule has 5 heteroatoms. The summed E-state index contributed by atoms with van der Waals surface area (Å²) in [7, 11) is 0. The summed E-state index contributed by atoms with van der Waals surface area (Å²) in [5, 5.41) is 7.93. The maximum absolute atomic E-state index is 12.4. The summed E-state index contributed by atoms with van der Waals surface area (Å²) in [6, 6.07) is 11.5. The van der Waals surface area contributed by atoms with Gasteiger partial charge in [0.2, 0.25) is 5.91 Å². The monoisotopic (exact) mass is 322 g/mol. The first-order valence-electron chi connectivity index (χ1n) is 7.99. The Morgan fingerprint density at radius 2 is 2.08 bits per heavy atom. The van der Waals surface area contributed by atoms with Crippen molar-refractivity contribution in [2.24, 2.45) is 0 Å². The Morgan fingerprint density at radius 3 is 2.96 bits per heavy atom. The average molecular weight is 322 g/mol. The lowest BCUT2D eigenvalue weighted by Gasteiger charge is -2.12. The van der Waals surface area contributed by atoms with Gasteiger partial charge in [0.05, 0.1) is 12.5 Å². The second-order valence-electron chi connectivity index (χ2n) is 6.16. The zero-order valence-corrected chi connectivity index (χ0v) is 13.6. The van der Waals surface area contributed by atoms with Crippen molar-refractivity contribution in [1.29, 1.82) is 0 Å². The van der Waals surface area contributed by atoms with Gasteiger partial charge in [0.25, 0.3) is 0 Å². The van der Waals surface area contributed by atoms with Crippen molar-refractivity contribution in [2.75, 3.05) is 6.61 Å². The number of aryl methyl sites for hydroxylation is 1. The van der Waals surface area contributed by atoms with Gasteiger partial charge in [0.1, 0.15) is 18.1 Å². The Kier molecular flexibility index (Phi) is 3.49. The van der Waals surface area contributed by atoms with Crippen molar-refractivity contribution < 1.29 is 14.1 Å². The van der Waals surface area contributed by atoms with Gasteiger partial charge in [0.15, 0.2) is 5.58 Å². The van der Waals surface area contributed by atoms with E-state index in [4.69, 9.17) is 9.26 Å². The van der Waals surface area contributed by atoms with Crippen molar-refractivity contribution in [3.05, 3.63) is 58.8 Å². The lowest BCUT2D eigenvalue weighted by molar-refractivity contribution is -0.121. The summed E-state index contributed by atoms with van der Waals surface area (Å²) in [5.41, 5.74) is 4.71. The average Bonchev–Trinajstić information content (AvgIpc) is 3.16. The van der Waals surface area contributed by atoms with E-state index in [0.717, 1.165) is 22.3 Å². The summed E-state index contributed by atoms with van der Waals surface area (Å²) in [6.45, 7) is 4.56. The normalized spacial score (nSPS) is 16.0. The van der Waals surface area contributed by atoms with Crippen LogP contribution >= 0.6 is 0 Å². The fraction of sp³-hybridized carbons (Fsp3) is 0.263. The van der Waals surface area contributed by atoms with Gasteiger partial charge in [-0.25, -0.2) is 0 Å². The van der Waals surface area contributed by atoms with E-state index in [1.54, 1.807) is 0 Å². The summed E-state index contributed by atoms with van der Waals surface area (Å²) < 4.78 is 11.0. The number of benzene rings is 2. The molecule has 1 amide bonds. The lowest BCUT2D eigenvalue weighted by Crippen LogP contribution is -2.30. The number of rotatable bonds is 3. The maximum Gasteiger partial charge on any atom is 0.226 e. The number of carbonyl (C=O) groups is 1. The van der Waals surface area contributed by atoms with Crippen LogP contribution < -0.4 is 10.1 Å². The molecule has 1 aliphatic rings. The third-order valence-corrected chi connectivity index (χ3v) is 4.59. The molecule has 0 fully saturated rings. The first-order valence-corrected chi connectivity index (χ1v) is 7.99. The quantitative estimate of drug-likeness (QED) is 0.804. The molecule has 0 saturated carbocycles. The summed E-state index contributed by atoms with van der Waals surface area (Å²) >= 11 is 0. The van der Waals surface area contributed by atoms with Gasteiger partial charge < -0.3 is 14.6 Å². The molecule has 4 rings (SSSR count). The molecule has 1 unspecified atom stereocenters. The third-order valence-electron chi connectivity index (χ3n) is 4.59. The Morgan fingerprint density at radius 1 is 1.25 bits per heavy atom. The van der Waals surface area contributed by atoms with Crippen molar-refractivity contribution >= 4 is 16.9 Å². The van der Waals surface area contributed by atoms with Crippen molar-refractivity contribution in [3.63, 3.8) is 0 Å². The number of nitrogens with one attached hydrogen (secondary N) is 1. The number of para-hydroxylation sites is 1. The fourth-order valence-electron chi connectivity index (χ4n) is 3.12. The summed E-state index contributed by atoms with van der Waals surface area (Å²) in [4.78, 5) is 12.4. The SMILES string of the molecule is Cc1ccc2c(c1C)OCC2NC(=O)Cc1noc2ccccc12. The number of ether oxygens (including phenoxy) is 1. The first kappa shape index (κ1) is 14.8. The van der Waals surface area contributed by atoms with Gasteiger partial charge in [0, 0.05) is 10.9 Å². The van der Waals surface area contributed by atoms with Crippen LogP contribution in [0.4, 0.5) is 0 Å². The predicted octanol–water partition coefficient (Wildman–Crippen LogP) is 3.24. The Hall–Kier alpha value is -2.82. The number of amides is 1. The van der Waals surface area contributed by atoms with Crippen LogP contribution in [0.25, 0.3) is 11.0 Å². The van der Waals surface area contributed by atoms with Crippen LogP contribution in [0.1, 0.15) is 28.4 Å². The van der Waals surface area contributed by atoms with Crippen LogP contribution in [0.2, 0.25) is 0 Å².